The zero-order chi connectivity index (χ0) is 17.5. The minimum absolute atomic E-state index is 0.0725. The summed E-state index contributed by atoms with van der Waals surface area (Å²) < 4.78 is 44.1. The first-order valence-electron chi connectivity index (χ1n) is 6.77. The molecule has 0 atom stereocenters. The van der Waals surface area contributed by atoms with Crippen molar-refractivity contribution in [3.63, 3.8) is 0 Å². The summed E-state index contributed by atoms with van der Waals surface area (Å²) in [5.41, 5.74) is 1.59. The lowest BCUT2D eigenvalue weighted by atomic mass is 10.2. The highest BCUT2D eigenvalue weighted by Gasteiger charge is 2.41. The Morgan fingerprint density at radius 3 is 2.46 bits per heavy atom. The number of amides is 1. The van der Waals surface area contributed by atoms with Crippen LogP contribution in [0.5, 0.6) is 0 Å². The first kappa shape index (κ1) is 16.5. The van der Waals surface area contributed by atoms with Gasteiger partial charge in [0.25, 0.3) is 0 Å². The van der Waals surface area contributed by atoms with Gasteiger partial charge in [0.2, 0.25) is 5.89 Å². The molecule has 0 unspecified atom stereocenters. The smallest absolute Gasteiger partial charge is 0.436 e. The van der Waals surface area contributed by atoms with Crippen LogP contribution in [-0.2, 0) is 4.79 Å². The van der Waals surface area contributed by atoms with E-state index in [4.69, 9.17) is 4.42 Å². The second-order valence-corrected chi connectivity index (χ2v) is 5.96. The molecule has 3 rings (SSSR count). The van der Waals surface area contributed by atoms with Gasteiger partial charge < -0.3 is 9.32 Å². The fourth-order valence-electron chi connectivity index (χ4n) is 2.15. The molecule has 1 amide bonds. The molecule has 1 heterocycles. The van der Waals surface area contributed by atoms with Crippen molar-refractivity contribution in [2.75, 3.05) is 11.9 Å². The third-order valence-corrected chi connectivity index (χ3v) is 3.93. The molecule has 0 aliphatic carbocycles. The number of carbonyl (C=O) groups is 1. The summed E-state index contributed by atoms with van der Waals surface area (Å²) in [5, 5.41) is 0. The molecule has 0 aliphatic heterocycles. The van der Waals surface area contributed by atoms with E-state index in [1.54, 1.807) is 12.1 Å². The molecule has 0 saturated heterocycles. The van der Waals surface area contributed by atoms with Crippen molar-refractivity contribution < 1.29 is 22.4 Å². The molecule has 4 nitrogen and oxygen atoms in total. The van der Waals surface area contributed by atoms with Crippen molar-refractivity contribution in [3.05, 3.63) is 46.9 Å². The van der Waals surface area contributed by atoms with E-state index >= 15 is 0 Å². The standard InChI is InChI=1S/C16H10BrF3N2O2/c1-22(15(23)16(18,19)20)11-6-7-12-13(8-11)24-14(21-12)9-2-4-10(17)5-3-9/h2-8H,1H3. The molecule has 0 radical (unpaired) electrons. The topological polar surface area (TPSA) is 46.3 Å². The molecule has 2 aromatic carbocycles. The number of hydrogen-bond acceptors (Lipinski definition) is 3. The zero-order valence-electron chi connectivity index (χ0n) is 12.3. The molecule has 0 bridgehead atoms. The minimum Gasteiger partial charge on any atom is -0.436 e. The third-order valence-electron chi connectivity index (χ3n) is 3.40. The predicted octanol–water partition coefficient (Wildman–Crippen LogP) is 4.78. The van der Waals surface area contributed by atoms with Crippen LogP contribution in [0.2, 0.25) is 0 Å². The first-order valence-corrected chi connectivity index (χ1v) is 7.56. The number of aromatic nitrogens is 1. The van der Waals surface area contributed by atoms with Crippen molar-refractivity contribution in [2.24, 2.45) is 0 Å². The highest BCUT2D eigenvalue weighted by Crippen LogP contribution is 2.29. The largest absolute Gasteiger partial charge is 0.471 e. The molecule has 1 aromatic heterocycles. The Morgan fingerprint density at radius 2 is 1.83 bits per heavy atom. The van der Waals surface area contributed by atoms with Gasteiger partial charge >= 0.3 is 12.1 Å². The quantitative estimate of drug-likeness (QED) is 0.623. The van der Waals surface area contributed by atoms with Gasteiger partial charge in [-0.05, 0) is 36.4 Å². The van der Waals surface area contributed by atoms with Gasteiger partial charge in [0.1, 0.15) is 5.52 Å². The summed E-state index contributed by atoms with van der Waals surface area (Å²) in [7, 11) is 1.06. The van der Waals surface area contributed by atoms with Crippen molar-refractivity contribution in [2.45, 2.75) is 6.18 Å². The number of alkyl halides is 3. The number of halogens is 4. The number of oxazole rings is 1. The normalized spacial score (nSPS) is 11.7. The maximum absolute atomic E-state index is 12.5. The predicted molar refractivity (Wildman–Crippen MR) is 86.6 cm³/mol. The van der Waals surface area contributed by atoms with Crippen LogP contribution in [0, 0.1) is 0 Å². The lowest BCUT2D eigenvalue weighted by Gasteiger charge is -2.18. The van der Waals surface area contributed by atoms with E-state index in [0.717, 1.165) is 17.1 Å². The van der Waals surface area contributed by atoms with Gasteiger partial charge in [-0.3, -0.25) is 4.79 Å². The monoisotopic (exact) mass is 398 g/mol. The fraction of sp³-hybridized carbons (Fsp3) is 0.125. The van der Waals surface area contributed by atoms with Crippen LogP contribution in [0.1, 0.15) is 0 Å². The summed E-state index contributed by atoms with van der Waals surface area (Å²) in [6.07, 6.45) is -4.94. The second kappa shape index (κ2) is 5.94. The summed E-state index contributed by atoms with van der Waals surface area (Å²) in [4.78, 5) is 16.1. The first-order chi connectivity index (χ1) is 11.3. The second-order valence-electron chi connectivity index (χ2n) is 5.04. The van der Waals surface area contributed by atoms with E-state index in [9.17, 15) is 18.0 Å². The molecule has 0 aliphatic rings. The van der Waals surface area contributed by atoms with Gasteiger partial charge in [0.15, 0.2) is 5.58 Å². The minimum atomic E-state index is -4.94. The lowest BCUT2D eigenvalue weighted by molar-refractivity contribution is -0.170. The van der Waals surface area contributed by atoms with E-state index < -0.39 is 12.1 Å². The summed E-state index contributed by atoms with van der Waals surface area (Å²) in [6, 6.07) is 11.5. The molecule has 124 valence electrons. The Labute approximate surface area is 143 Å². The molecule has 0 saturated carbocycles. The Kier molecular flexibility index (Phi) is 4.08. The van der Waals surface area contributed by atoms with E-state index in [2.05, 4.69) is 20.9 Å². The van der Waals surface area contributed by atoms with Gasteiger partial charge in [-0.15, -0.1) is 0 Å². The van der Waals surface area contributed by atoms with Crippen LogP contribution in [0.4, 0.5) is 18.9 Å². The van der Waals surface area contributed by atoms with E-state index in [0.29, 0.717) is 21.9 Å². The molecule has 24 heavy (non-hydrogen) atoms. The van der Waals surface area contributed by atoms with Crippen molar-refractivity contribution in [3.8, 4) is 11.5 Å². The van der Waals surface area contributed by atoms with E-state index in [1.807, 2.05) is 12.1 Å². The number of rotatable bonds is 2. The molecule has 0 N–H and O–H groups in total. The number of fused-ring (bicyclic) bond motifs is 1. The molecule has 0 spiro atoms. The van der Waals surface area contributed by atoms with Crippen LogP contribution in [0.3, 0.4) is 0 Å². The average molecular weight is 399 g/mol. The van der Waals surface area contributed by atoms with Crippen LogP contribution >= 0.6 is 15.9 Å². The maximum atomic E-state index is 12.5. The van der Waals surface area contributed by atoms with Crippen molar-refractivity contribution in [1.29, 1.82) is 0 Å². The van der Waals surface area contributed by atoms with Crippen molar-refractivity contribution in [1.82, 2.24) is 4.98 Å². The van der Waals surface area contributed by atoms with Crippen LogP contribution in [0.15, 0.2) is 51.4 Å². The molecule has 0 fully saturated rings. The van der Waals surface area contributed by atoms with E-state index in [-0.39, 0.29) is 5.69 Å². The Hall–Kier alpha value is -2.35. The highest BCUT2D eigenvalue weighted by atomic mass is 79.9. The van der Waals surface area contributed by atoms with Crippen LogP contribution in [0.25, 0.3) is 22.6 Å². The Balaban J connectivity index is 1.97. The molecular weight excluding hydrogens is 389 g/mol. The molecule has 3 aromatic rings. The third kappa shape index (κ3) is 3.14. The Bertz CT molecular complexity index is 904. The summed E-state index contributed by atoms with van der Waals surface area (Å²) in [6.45, 7) is 0. The van der Waals surface area contributed by atoms with Crippen LogP contribution in [-0.4, -0.2) is 24.1 Å². The number of benzene rings is 2. The van der Waals surface area contributed by atoms with Gasteiger partial charge in [-0.1, -0.05) is 15.9 Å². The number of hydrogen-bond donors (Lipinski definition) is 0. The van der Waals surface area contributed by atoms with Gasteiger partial charge in [-0.25, -0.2) is 4.98 Å². The van der Waals surface area contributed by atoms with E-state index in [1.165, 1.54) is 18.2 Å². The zero-order valence-corrected chi connectivity index (χ0v) is 13.9. The van der Waals surface area contributed by atoms with Gasteiger partial charge in [-0.2, -0.15) is 13.2 Å². The highest BCUT2D eigenvalue weighted by molar-refractivity contribution is 9.10. The van der Waals surface area contributed by atoms with Gasteiger partial charge in [0.05, 0.1) is 0 Å². The summed E-state index contributed by atoms with van der Waals surface area (Å²) >= 11 is 3.33. The van der Waals surface area contributed by atoms with Crippen LogP contribution < -0.4 is 4.90 Å². The number of carbonyl (C=O) groups excluding carboxylic acids is 1. The molecular formula is C16H10BrF3N2O2. The SMILES string of the molecule is CN(C(=O)C(F)(F)F)c1ccc2nc(-c3ccc(Br)cc3)oc2c1. The Morgan fingerprint density at radius 1 is 1.17 bits per heavy atom. The van der Waals surface area contributed by atoms with Gasteiger partial charge in [0, 0.05) is 28.8 Å². The maximum Gasteiger partial charge on any atom is 0.471 e. The number of nitrogens with zero attached hydrogens (tertiary/aromatic N) is 2. The average Bonchev–Trinajstić information content (AvgIpc) is 2.96. The fourth-order valence-corrected chi connectivity index (χ4v) is 2.41. The molecule has 8 heteroatoms. The lowest BCUT2D eigenvalue weighted by Crippen LogP contribution is -2.38. The summed E-state index contributed by atoms with van der Waals surface area (Å²) in [5.74, 6) is -1.60. The number of anilines is 1. The van der Waals surface area contributed by atoms with Crippen molar-refractivity contribution >= 4 is 38.6 Å².